The first kappa shape index (κ1) is 16.2. The average Bonchev–Trinajstić information content (AvgIpc) is 3.09. The van der Waals surface area contributed by atoms with E-state index in [1.165, 1.54) is 10.4 Å². The highest BCUT2D eigenvalue weighted by Crippen LogP contribution is 2.25. The van der Waals surface area contributed by atoms with E-state index in [0.717, 1.165) is 18.5 Å². The quantitative estimate of drug-likeness (QED) is 0.855. The molecular formula is C16H26N4S. The molecule has 2 atom stereocenters. The Labute approximate surface area is 131 Å². The average molecular weight is 306 g/mol. The van der Waals surface area contributed by atoms with Gasteiger partial charge in [-0.3, -0.25) is 9.58 Å². The summed E-state index contributed by atoms with van der Waals surface area (Å²) in [5.41, 5.74) is 8.50. The van der Waals surface area contributed by atoms with E-state index in [4.69, 9.17) is 5.73 Å². The van der Waals surface area contributed by atoms with Gasteiger partial charge in [-0.05, 0) is 38.3 Å². The molecule has 0 radical (unpaired) electrons. The third-order valence-corrected chi connectivity index (χ3v) is 5.02. The normalized spacial score (nSPS) is 14.6. The molecule has 0 spiro atoms. The molecule has 0 aliphatic heterocycles. The van der Waals surface area contributed by atoms with Crippen molar-refractivity contribution in [2.75, 3.05) is 13.6 Å². The Morgan fingerprint density at radius 3 is 2.81 bits per heavy atom. The predicted octanol–water partition coefficient (Wildman–Crippen LogP) is 2.61. The second kappa shape index (κ2) is 7.20. The van der Waals surface area contributed by atoms with E-state index in [-0.39, 0.29) is 6.04 Å². The first-order valence-corrected chi connectivity index (χ1v) is 8.41. The van der Waals surface area contributed by atoms with Crippen LogP contribution in [0, 0.1) is 0 Å². The van der Waals surface area contributed by atoms with Crippen molar-refractivity contribution in [3.8, 4) is 0 Å². The fourth-order valence-corrected chi connectivity index (χ4v) is 3.62. The van der Waals surface area contributed by atoms with Crippen LogP contribution in [-0.4, -0.2) is 34.3 Å². The molecule has 4 nitrogen and oxygen atoms in total. The molecular weight excluding hydrogens is 280 g/mol. The van der Waals surface area contributed by atoms with Crippen LogP contribution in [0.2, 0.25) is 0 Å². The molecule has 2 unspecified atom stereocenters. The summed E-state index contributed by atoms with van der Waals surface area (Å²) >= 11 is 1.82. The fourth-order valence-electron chi connectivity index (χ4n) is 2.79. The lowest BCUT2D eigenvalue weighted by atomic mass is 10.0. The number of hydrogen-bond donors (Lipinski definition) is 1. The third kappa shape index (κ3) is 3.73. The lowest BCUT2D eigenvalue weighted by Crippen LogP contribution is -2.38. The number of aromatic nitrogens is 2. The molecule has 5 heteroatoms. The lowest BCUT2D eigenvalue weighted by Gasteiger charge is -2.32. The number of aryl methyl sites for hydroxylation is 2. The van der Waals surface area contributed by atoms with Crippen LogP contribution >= 0.6 is 11.3 Å². The van der Waals surface area contributed by atoms with Gasteiger partial charge in [0.05, 0.1) is 11.7 Å². The Morgan fingerprint density at radius 2 is 2.24 bits per heavy atom. The minimum Gasteiger partial charge on any atom is -0.329 e. The second-order valence-corrected chi connectivity index (χ2v) is 6.64. The SMILES string of the molecule is CCc1nn(C)cc1C(CN)N(C)C(C)Cc1cccs1. The van der Waals surface area contributed by atoms with E-state index in [1.54, 1.807) is 0 Å². The zero-order valence-corrected chi connectivity index (χ0v) is 14.2. The van der Waals surface area contributed by atoms with Gasteiger partial charge in [0.2, 0.25) is 0 Å². The smallest absolute Gasteiger partial charge is 0.0670 e. The van der Waals surface area contributed by atoms with Gasteiger partial charge in [-0.15, -0.1) is 11.3 Å². The maximum Gasteiger partial charge on any atom is 0.0670 e. The predicted molar refractivity (Wildman–Crippen MR) is 89.6 cm³/mol. The van der Waals surface area contributed by atoms with Gasteiger partial charge in [0.15, 0.2) is 0 Å². The molecule has 2 aromatic heterocycles. The van der Waals surface area contributed by atoms with Gasteiger partial charge in [0.1, 0.15) is 0 Å². The summed E-state index contributed by atoms with van der Waals surface area (Å²) in [6.45, 7) is 5.03. The highest BCUT2D eigenvalue weighted by atomic mass is 32.1. The number of nitrogens with two attached hydrogens (primary N) is 1. The maximum atomic E-state index is 6.07. The van der Waals surface area contributed by atoms with Gasteiger partial charge in [0, 0.05) is 36.3 Å². The molecule has 21 heavy (non-hydrogen) atoms. The van der Waals surface area contributed by atoms with Crippen molar-refractivity contribution in [2.24, 2.45) is 12.8 Å². The van der Waals surface area contributed by atoms with Crippen molar-refractivity contribution in [1.29, 1.82) is 0 Å². The van der Waals surface area contributed by atoms with Crippen molar-refractivity contribution in [3.63, 3.8) is 0 Å². The molecule has 2 aromatic rings. The van der Waals surface area contributed by atoms with Gasteiger partial charge < -0.3 is 5.73 Å². The Bertz CT molecular complexity index is 547. The maximum absolute atomic E-state index is 6.07. The summed E-state index contributed by atoms with van der Waals surface area (Å²) in [7, 11) is 4.15. The largest absolute Gasteiger partial charge is 0.329 e. The van der Waals surface area contributed by atoms with Crippen LogP contribution in [0.1, 0.15) is 36.0 Å². The molecule has 0 fully saturated rings. The van der Waals surface area contributed by atoms with E-state index in [9.17, 15) is 0 Å². The summed E-state index contributed by atoms with van der Waals surface area (Å²) < 4.78 is 1.90. The number of thiophene rings is 1. The number of rotatable bonds is 7. The minimum absolute atomic E-state index is 0.226. The van der Waals surface area contributed by atoms with E-state index in [2.05, 4.69) is 54.6 Å². The third-order valence-electron chi connectivity index (χ3n) is 4.12. The molecule has 0 aliphatic rings. The zero-order valence-electron chi connectivity index (χ0n) is 13.4. The highest BCUT2D eigenvalue weighted by Gasteiger charge is 2.24. The van der Waals surface area contributed by atoms with Gasteiger partial charge in [0.25, 0.3) is 0 Å². The Hall–Kier alpha value is -1.17. The summed E-state index contributed by atoms with van der Waals surface area (Å²) in [6.07, 6.45) is 4.12. The number of nitrogens with zero attached hydrogens (tertiary/aromatic N) is 3. The Kier molecular flexibility index (Phi) is 5.56. The molecule has 0 saturated heterocycles. The molecule has 0 bridgehead atoms. The molecule has 116 valence electrons. The van der Waals surface area contributed by atoms with Gasteiger partial charge in [-0.25, -0.2) is 0 Å². The molecule has 2 N–H and O–H groups in total. The van der Waals surface area contributed by atoms with Crippen molar-refractivity contribution in [1.82, 2.24) is 14.7 Å². The summed E-state index contributed by atoms with van der Waals surface area (Å²) in [5.74, 6) is 0. The highest BCUT2D eigenvalue weighted by molar-refractivity contribution is 7.09. The standard InChI is InChI=1S/C16H26N4S/c1-5-15-14(11-19(3)18-15)16(10-17)20(4)12(2)9-13-7-6-8-21-13/h6-8,11-12,16H,5,9-10,17H2,1-4H3. The van der Waals surface area contributed by atoms with Gasteiger partial charge >= 0.3 is 0 Å². The van der Waals surface area contributed by atoms with Crippen molar-refractivity contribution < 1.29 is 0 Å². The van der Waals surface area contributed by atoms with E-state index < -0.39 is 0 Å². The van der Waals surface area contributed by atoms with Crippen LogP contribution in [0.25, 0.3) is 0 Å². The van der Waals surface area contributed by atoms with E-state index >= 15 is 0 Å². The molecule has 0 aliphatic carbocycles. The van der Waals surface area contributed by atoms with Crippen LogP contribution in [0.3, 0.4) is 0 Å². The first-order chi connectivity index (χ1) is 10.1. The van der Waals surface area contributed by atoms with Crippen LogP contribution in [0.5, 0.6) is 0 Å². The summed E-state index contributed by atoms with van der Waals surface area (Å²) in [6, 6.07) is 4.99. The monoisotopic (exact) mass is 306 g/mol. The fraction of sp³-hybridized carbons (Fsp3) is 0.562. The molecule has 0 amide bonds. The van der Waals surface area contributed by atoms with Crippen molar-refractivity contribution in [2.45, 2.75) is 38.8 Å². The number of likely N-dealkylation sites (N-methyl/N-ethyl adjacent to an activating group) is 1. The molecule has 2 rings (SSSR count). The molecule has 0 aromatic carbocycles. The second-order valence-electron chi connectivity index (χ2n) is 5.61. The molecule has 0 saturated carbocycles. The Balaban J connectivity index is 2.15. The van der Waals surface area contributed by atoms with Crippen molar-refractivity contribution in [3.05, 3.63) is 39.8 Å². The van der Waals surface area contributed by atoms with Gasteiger partial charge in [-0.1, -0.05) is 13.0 Å². The number of hydrogen-bond acceptors (Lipinski definition) is 4. The first-order valence-electron chi connectivity index (χ1n) is 7.53. The topological polar surface area (TPSA) is 47.1 Å². The summed E-state index contributed by atoms with van der Waals surface area (Å²) in [5, 5.41) is 6.69. The van der Waals surface area contributed by atoms with Crippen LogP contribution in [0.4, 0.5) is 0 Å². The minimum atomic E-state index is 0.226. The van der Waals surface area contributed by atoms with Crippen LogP contribution in [-0.2, 0) is 19.9 Å². The lowest BCUT2D eigenvalue weighted by molar-refractivity contribution is 0.187. The van der Waals surface area contributed by atoms with E-state index in [0.29, 0.717) is 12.6 Å². The molecule has 2 heterocycles. The van der Waals surface area contributed by atoms with E-state index in [1.807, 2.05) is 23.1 Å². The Morgan fingerprint density at radius 1 is 1.48 bits per heavy atom. The zero-order chi connectivity index (χ0) is 15.4. The van der Waals surface area contributed by atoms with Crippen LogP contribution < -0.4 is 5.73 Å². The van der Waals surface area contributed by atoms with Crippen LogP contribution in [0.15, 0.2) is 23.7 Å². The van der Waals surface area contributed by atoms with Gasteiger partial charge in [-0.2, -0.15) is 5.10 Å². The van der Waals surface area contributed by atoms with Crippen molar-refractivity contribution >= 4 is 11.3 Å². The summed E-state index contributed by atoms with van der Waals surface area (Å²) in [4.78, 5) is 3.81.